The van der Waals surface area contributed by atoms with E-state index >= 15 is 0 Å². The van der Waals surface area contributed by atoms with Crippen LogP contribution < -0.4 is 10.6 Å². The number of esters is 1. The average Bonchev–Trinajstić information content (AvgIpc) is 3.74. The van der Waals surface area contributed by atoms with E-state index in [4.69, 9.17) is 14.6 Å². The molecule has 2 heterocycles. The second-order valence-electron chi connectivity index (χ2n) is 11.0. The van der Waals surface area contributed by atoms with Crippen LogP contribution in [0.2, 0.25) is 0 Å². The lowest BCUT2D eigenvalue weighted by atomic mass is 10.0. The van der Waals surface area contributed by atoms with E-state index in [1.165, 1.54) is 7.11 Å². The molecule has 2 atom stereocenters. The van der Waals surface area contributed by atoms with Crippen molar-refractivity contribution in [3.63, 3.8) is 0 Å². The lowest BCUT2D eigenvalue weighted by Gasteiger charge is -2.31. The Balaban J connectivity index is 0.000000804. The summed E-state index contributed by atoms with van der Waals surface area (Å²) in [6.07, 6.45) is 0.346. The van der Waals surface area contributed by atoms with Crippen molar-refractivity contribution in [1.82, 2.24) is 30.4 Å². The number of carboxylic acid groups (broad SMARTS) is 1. The first-order valence-corrected chi connectivity index (χ1v) is 15.2. The molecule has 4 N–H and O–H groups in total. The molecular weight excluding hydrogens is 637 g/mol. The van der Waals surface area contributed by atoms with Crippen LogP contribution in [0, 0.1) is 0 Å². The van der Waals surface area contributed by atoms with Gasteiger partial charge in [-0.1, -0.05) is 49.4 Å². The number of carbonyl (C=O) groups excluding carboxylic acids is 4. The highest BCUT2D eigenvalue weighted by Crippen LogP contribution is 2.23. The van der Waals surface area contributed by atoms with Crippen molar-refractivity contribution < 1.29 is 47.0 Å². The Morgan fingerprint density at radius 1 is 1.12 bits per heavy atom. The summed E-state index contributed by atoms with van der Waals surface area (Å²) in [7, 11) is 1.24. The van der Waals surface area contributed by atoms with Gasteiger partial charge in [-0.25, -0.2) is 14.6 Å². The third kappa shape index (κ3) is 11.4. The fraction of sp³-hybridized carbons (Fsp3) is 0.438. The Labute approximate surface area is 274 Å². The van der Waals surface area contributed by atoms with Gasteiger partial charge in [0.2, 0.25) is 17.7 Å². The number of carbonyl (C=O) groups is 5. The zero-order valence-electron chi connectivity index (χ0n) is 26.6. The van der Waals surface area contributed by atoms with E-state index in [-0.39, 0.29) is 49.7 Å². The molecule has 0 saturated carbocycles. The average molecular weight is 677 g/mol. The number of H-pyrrole nitrogens is 1. The number of aromatic amines is 1. The first-order chi connectivity index (χ1) is 22.8. The molecule has 16 heteroatoms. The second kappa shape index (κ2) is 17.8. The van der Waals surface area contributed by atoms with Gasteiger partial charge in [0.05, 0.1) is 26.4 Å². The molecule has 1 aliphatic rings. The molecule has 0 aliphatic carbocycles. The number of rotatable bonds is 13. The molecule has 0 bridgehead atoms. The Kier molecular flexibility index (Phi) is 13.9. The van der Waals surface area contributed by atoms with Crippen LogP contribution in [0.5, 0.6) is 0 Å². The number of hydrogen-bond acceptors (Lipinski definition) is 8. The number of methoxy groups -OCH3 is 1. The predicted molar refractivity (Wildman–Crippen MR) is 167 cm³/mol. The highest BCUT2D eigenvalue weighted by Gasteiger charge is 2.38. The molecule has 13 nitrogen and oxygen atoms in total. The normalized spacial score (nSPS) is 15.0. The Bertz CT molecular complexity index is 1550. The summed E-state index contributed by atoms with van der Waals surface area (Å²) in [6.45, 7) is 3.26. The Morgan fingerprint density at radius 3 is 2.48 bits per heavy atom. The van der Waals surface area contributed by atoms with Crippen molar-refractivity contribution in [1.29, 1.82) is 0 Å². The third-order valence-electron chi connectivity index (χ3n) is 7.59. The minimum absolute atomic E-state index is 0.00246. The number of amides is 3. The van der Waals surface area contributed by atoms with E-state index in [2.05, 4.69) is 26.7 Å². The predicted octanol–water partition coefficient (Wildman–Crippen LogP) is 2.42. The van der Waals surface area contributed by atoms with Gasteiger partial charge in [0, 0.05) is 50.5 Å². The maximum absolute atomic E-state index is 13.3. The molecule has 1 aromatic heterocycles. The van der Waals surface area contributed by atoms with Gasteiger partial charge in [-0.3, -0.25) is 19.3 Å². The SMILES string of the molecule is CCC(=O)NC[C@H](NC(=O)CN(Cc1cccc2ccccc12)C[C@@H]1CCCN1C(=O)Cc1cnc[nH]1)C(=O)OC.O=C(O)C(F)(F)F. The number of ether oxygens (including phenoxy) is 1. The van der Waals surface area contributed by atoms with E-state index < -0.39 is 24.2 Å². The van der Waals surface area contributed by atoms with Crippen LogP contribution >= 0.6 is 0 Å². The zero-order chi connectivity index (χ0) is 35.3. The van der Waals surface area contributed by atoms with Crippen molar-refractivity contribution in [2.24, 2.45) is 0 Å². The lowest BCUT2D eigenvalue weighted by molar-refractivity contribution is -0.192. The van der Waals surface area contributed by atoms with Crippen LogP contribution in [0.15, 0.2) is 55.0 Å². The van der Waals surface area contributed by atoms with Gasteiger partial charge in [0.25, 0.3) is 0 Å². The number of aliphatic carboxylic acids is 1. The van der Waals surface area contributed by atoms with Gasteiger partial charge in [-0.2, -0.15) is 13.2 Å². The number of benzene rings is 2. The van der Waals surface area contributed by atoms with Crippen molar-refractivity contribution in [2.75, 3.05) is 33.3 Å². The molecule has 2 aromatic carbocycles. The van der Waals surface area contributed by atoms with E-state index in [0.29, 0.717) is 19.6 Å². The van der Waals surface area contributed by atoms with Gasteiger partial charge in [0.1, 0.15) is 6.04 Å². The maximum atomic E-state index is 13.3. The van der Waals surface area contributed by atoms with E-state index in [1.54, 1.807) is 19.4 Å². The topological polar surface area (TPSA) is 174 Å². The molecule has 1 fully saturated rings. The molecule has 1 saturated heterocycles. The first kappa shape index (κ1) is 37.5. The second-order valence-corrected chi connectivity index (χ2v) is 11.0. The molecule has 260 valence electrons. The number of alkyl halides is 3. The molecular formula is C32H39F3N6O7. The van der Waals surface area contributed by atoms with Gasteiger partial charge in [-0.15, -0.1) is 0 Å². The highest BCUT2D eigenvalue weighted by molar-refractivity contribution is 5.87. The van der Waals surface area contributed by atoms with Gasteiger partial charge < -0.3 is 30.4 Å². The number of fused-ring (bicyclic) bond motifs is 1. The first-order valence-electron chi connectivity index (χ1n) is 15.2. The zero-order valence-corrected chi connectivity index (χ0v) is 26.6. The van der Waals surface area contributed by atoms with Gasteiger partial charge in [0.15, 0.2) is 0 Å². The Morgan fingerprint density at radius 2 is 1.83 bits per heavy atom. The van der Waals surface area contributed by atoms with Crippen molar-refractivity contribution >= 4 is 40.4 Å². The number of likely N-dealkylation sites (tertiary alicyclic amines) is 1. The van der Waals surface area contributed by atoms with E-state index in [0.717, 1.165) is 34.9 Å². The number of nitrogens with zero attached hydrogens (tertiary/aromatic N) is 3. The monoisotopic (exact) mass is 676 g/mol. The minimum Gasteiger partial charge on any atom is -0.475 e. The van der Waals surface area contributed by atoms with Crippen LogP contribution in [-0.4, -0.2) is 106 Å². The van der Waals surface area contributed by atoms with E-state index in [1.807, 2.05) is 46.2 Å². The maximum Gasteiger partial charge on any atom is 0.490 e. The summed E-state index contributed by atoms with van der Waals surface area (Å²) in [6, 6.07) is 13.1. The number of carboxylic acids is 1. The molecule has 0 unspecified atom stereocenters. The van der Waals surface area contributed by atoms with Crippen molar-refractivity contribution in [3.8, 4) is 0 Å². The molecule has 1 aliphatic heterocycles. The summed E-state index contributed by atoms with van der Waals surface area (Å²) in [4.78, 5) is 70.4. The number of nitrogens with one attached hydrogen (secondary N) is 3. The smallest absolute Gasteiger partial charge is 0.475 e. The highest BCUT2D eigenvalue weighted by atomic mass is 19.4. The lowest BCUT2D eigenvalue weighted by Crippen LogP contribution is -2.52. The molecule has 48 heavy (non-hydrogen) atoms. The Hall–Kier alpha value is -4.99. The largest absolute Gasteiger partial charge is 0.490 e. The van der Waals surface area contributed by atoms with Crippen LogP contribution in [0.4, 0.5) is 13.2 Å². The number of hydrogen-bond donors (Lipinski definition) is 4. The molecule has 0 spiro atoms. The van der Waals surface area contributed by atoms with Crippen molar-refractivity contribution in [3.05, 3.63) is 66.2 Å². The molecule has 3 amide bonds. The fourth-order valence-electron chi connectivity index (χ4n) is 5.27. The van der Waals surface area contributed by atoms with Gasteiger partial charge >= 0.3 is 18.1 Å². The van der Waals surface area contributed by atoms with Crippen LogP contribution in [0.25, 0.3) is 10.8 Å². The standard InChI is InChI=1S/C30H38N6O5.C2HF3O2/c1-3-27(37)32-16-26(30(40)41-2)34-28(38)19-35(17-22-10-6-9-21-8-4-5-12-25(21)22)18-24-11-7-13-36(24)29(39)14-23-15-31-20-33-23;3-2(4,5)1(6)7/h4-6,8-10,12,15,20,24,26H,3,7,11,13-14,16-19H2,1-2H3,(H,31,33)(H,32,37)(H,34,38);(H,6,7)/t24-,26-;/m0./s1. The third-order valence-corrected chi connectivity index (χ3v) is 7.59. The quantitative estimate of drug-likeness (QED) is 0.198. The van der Waals surface area contributed by atoms with Crippen LogP contribution in [-0.2, 0) is 41.7 Å². The van der Waals surface area contributed by atoms with E-state index in [9.17, 15) is 32.3 Å². The number of imidazole rings is 1. The summed E-state index contributed by atoms with van der Waals surface area (Å²) < 4.78 is 36.6. The summed E-state index contributed by atoms with van der Waals surface area (Å²) in [5.74, 6) is -3.98. The van der Waals surface area contributed by atoms with Crippen LogP contribution in [0.3, 0.4) is 0 Å². The molecule has 0 radical (unpaired) electrons. The van der Waals surface area contributed by atoms with Crippen LogP contribution in [0.1, 0.15) is 37.4 Å². The summed E-state index contributed by atoms with van der Waals surface area (Å²) in [5, 5.41) is 14.7. The minimum atomic E-state index is -5.08. The molecule has 4 rings (SSSR count). The summed E-state index contributed by atoms with van der Waals surface area (Å²) in [5.41, 5.74) is 1.82. The number of aromatic nitrogens is 2. The summed E-state index contributed by atoms with van der Waals surface area (Å²) >= 11 is 0. The number of halogens is 3. The molecule has 3 aromatic rings. The fourth-order valence-corrected chi connectivity index (χ4v) is 5.27. The van der Waals surface area contributed by atoms with Gasteiger partial charge in [-0.05, 0) is 29.2 Å². The van der Waals surface area contributed by atoms with Crippen molar-refractivity contribution in [2.45, 2.75) is 57.4 Å².